The lowest BCUT2D eigenvalue weighted by molar-refractivity contribution is -0.127. The van der Waals surface area contributed by atoms with Gasteiger partial charge in [0, 0.05) is 13.0 Å². The Morgan fingerprint density at radius 2 is 2.15 bits per heavy atom. The summed E-state index contributed by atoms with van der Waals surface area (Å²) in [5, 5.41) is 2.70. The largest absolute Gasteiger partial charge is 0.480 e. The van der Waals surface area contributed by atoms with Crippen molar-refractivity contribution in [1.82, 2.24) is 5.32 Å². The van der Waals surface area contributed by atoms with Crippen LogP contribution in [-0.4, -0.2) is 24.5 Å². The van der Waals surface area contributed by atoms with E-state index in [0.29, 0.717) is 18.7 Å². The number of hydrogen-bond donors (Lipinski definition) is 2. The molecule has 1 atom stereocenters. The summed E-state index contributed by atoms with van der Waals surface area (Å²) in [7, 11) is 0. The van der Waals surface area contributed by atoms with Crippen LogP contribution in [0.4, 0.5) is 0 Å². The molecule has 0 aliphatic carbocycles. The van der Waals surface area contributed by atoms with Crippen LogP contribution in [0.5, 0.6) is 5.75 Å². The number of nitrogens with one attached hydrogen (secondary N) is 1. The number of benzene rings is 1. The van der Waals surface area contributed by atoms with Crippen LogP contribution in [0.15, 0.2) is 22.7 Å². The molecule has 0 bridgehead atoms. The van der Waals surface area contributed by atoms with E-state index >= 15 is 0 Å². The molecule has 110 valence electrons. The van der Waals surface area contributed by atoms with E-state index in [0.717, 1.165) is 10.0 Å². The zero-order valence-electron chi connectivity index (χ0n) is 11.6. The highest BCUT2D eigenvalue weighted by molar-refractivity contribution is 9.10. The van der Waals surface area contributed by atoms with Gasteiger partial charge in [0.15, 0.2) is 6.10 Å². The predicted molar refractivity (Wildman–Crippen MR) is 80.4 cm³/mol. The number of ether oxygens (including phenoxy) is 1. The number of rotatable bonds is 7. The molecule has 0 unspecified atom stereocenters. The standard InChI is InChI=1S/C14H19BrN2O3/c1-9-5-6-12(11(15)8-9)20-10(2)14(19)17-7-3-4-13(16)18/h5-6,8,10H,3-4,7H2,1-2H3,(H2,16,18)(H,17,19)/t10-/m1/s1. The molecular weight excluding hydrogens is 324 g/mol. The van der Waals surface area contributed by atoms with E-state index < -0.39 is 6.10 Å². The van der Waals surface area contributed by atoms with Crippen molar-refractivity contribution in [1.29, 1.82) is 0 Å². The van der Waals surface area contributed by atoms with E-state index in [1.54, 1.807) is 6.92 Å². The van der Waals surface area contributed by atoms with Gasteiger partial charge in [0.1, 0.15) is 5.75 Å². The van der Waals surface area contributed by atoms with E-state index in [4.69, 9.17) is 10.5 Å². The second-order valence-electron chi connectivity index (χ2n) is 4.55. The fraction of sp³-hybridized carbons (Fsp3) is 0.429. The van der Waals surface area contributed by atoms with E-state index in [9.17, 15) is 9.59 Å². The highest BCUT2D eigenvalue weighted by Gasteiger charge is 2.15. The van der Waals surface area contributed by atoms with Crippen LogP contribution in [-0.2, 0) is 9.59 Å². The lowest BCUT2D eigenvalue weighted by atomic mass is 10.2. The number of nitrogens with two attached hydrogens (primary N) is 1. The Morgan fingerprint density at radius 1 is 1.45 bits per heavy atom. The molecule has 0 aromatic heterocycles. The number of hydrogen-bond acceptors (Lipinski definition) is 3. The minimum Gasteiger partial charge on any atom is -0.480 e. The van der Waals surface area contributed by atoms with Crippen molar-refractivity contribution < 1.29 is 14.3 Å². The molecule has 0 aliphatic rings. The number of aryl methyl sites for hydroxylation is 1. The first kappa shape index (κ1) is 16.5. The van der Waals surface area contributed by atoms with Gasteiger partial charge in [-0.25, -0.2) is 0 Å². The zero-order chi connectivity index (χ0) is 15.1. The van der Waals surface area contributed by atoms with Gasteiger partial charge in [0.2, 0.25) is 5.91 Å². The van der Waals surface area contributed by atoms with Crippen molar-refractivity contribution in [3.05, 3.63) is 28.2 Å². The maximum atomic E-state index is 11.8. The summed E-state index contributed by atoms with van der Waals surface area (Å²) in [6.45, 7) is 4.06. The highest BCUT2D eigenvalue weighted by atomic mass is 79.9. The number of carbonyl (C=O) groups is 2. The molecule has 6 heteroatoms. The number of halogens is 1. The van der Waals surface area contributed by atoms with Crippen molar-refractivity contribution in [3.63, 3.8) is 0 Å². The van der Waals surface area contributed by atoms with Crippen LogP contribution in [0.3, 0.4) is 0 Å². The Morgan fingerprint density at radius 3 is 2.75 bits per heavy atom. The molecule has 0 radical (unpaired) electrons. The molecule has 0 fully saturated rings. The Balaban J connectivity index is 2.43. The molecule has 0 saturated heterocycles. The van der Waals surface area contributed by atoms with Gasteiger partial charge < -0.3 is 15.8 Å². The van der Waals surface area contributed by atoms with Crippen LogP contribution in [0, 0.1) is 6.92 Å². The first-order chi connectivity index (χ1) is 9.40. The second kappa shape index (κ2) is 7.89. The fourth-order valence-corrected chi connectivity index (χ4v) is 2.15. The van der Waals surface area contributed by atoms with Crippen molar-refractivity contribution in [2.24, 2.45) is 5.73 Å². The van der Waals surface area contributed by atoms with Crippen molar-refractivity contribution in [3.8, 4) is 5.75 Å². The normalized spacial score (nSPS) is 11.8. The Hall–Kier alpha value is -1.56. The third-order valence-electron chi connectivity index (χ3n) is 2.66. The van der Waals surface area contributed by atoms with Gasteiger partial charge >= 0.3 is 0 Å². The number of carbonyl (C=O) groups excluding carboxylic acids is 2. The summed E-state index contributed by atoms with van der Waals surface area (Å²) >= 11 is 3.40. The topological polar surface area (TPSA) is 81.4 Å². The summed E-state index contributed by atoms with van der Waals surface area (Å²) < 4.78 is 6.40. The molecule has 1 rings (SSSR count). The zero-order valence-corrected chi connectivity index (χ0v) is 13.2. The summed E-state index contributed by atoms with van der Waals surface area (Å²) in [6, 6.07) is 5.65. The second-order valence-corrected chi connectivity index (χ2v) is 5.41. The summed E-state index contributed by atoms with van der Waals surface area (Å²) in [6.07, 6.45) is 0.184. The van der Waals surface area contributed by atoms with Gasteiger partial charge in [-0.05, 0) is 53.9 Å². The van der Waals surface area contributed by atoms with Gasteiger partial charge in [-0.3, -0.25) is 9.59 Å². The molecule has 2 amide bonds. The van der Waals surface area contributed by atoms with Crippen LogP contribution in [0.1, 0.15) is 25.3 Å². The van der Waals surface area contributed by atoms with E-state index in [1.165, 1.54) is 0 Å². The van der Waals surface area contributed by atoms with Crippen LogP contribution in [0.25, 0.3) is 0 Å². The lowest BCUT2D eigenvalue weighted by Crippen LogP contribution is -2.37. The quantitative estimate of drug-likeness (QED) is 0.742. The molecule has 3 N–H and O–H groups in total. The molecule has 0 heterocycles. The van der Waals surface area contributed by atoms with E-state index in [2.05, 4.69) is 21.2 Å². The Kier molecular flexibility index (Phi) is 6.51. The predicted octanol–water partition coefficient (Wildman–Crippen LogP) is 1.91. The molecule has 0 saturated carbocycles. The van der Waals surface area contributed by atoms with E-state index in [1.807, 2.05) is 25.1 Å². The highest BCUT2D eigenvalue weighted by Crippen LogP contribution is 2.26. The van der Waals surface area contributed by atoms with Crippen LogP contribution >= 0.6 is 15.9 Å². The average Bonchev–Trinajstić information content (AvgIpc) is 2.37. The smallest absolute Gasteiger partial charge is 0.260 e. The molecular formula is C14H19BrN2O3. The maximum Gasteiger partial charge on any atom is 0.260 e. The lowest BCUT2D eigenvalue weighted by Gasteiger charge is -2.16. The van der Waals surface area contributed by atoms with Crippen molar-refractivity contribution >= 4 is 27.7 Å². The number of amides is 2. The van der Waals surface area contributed by atoms with Gasteiger partial charge in [-0.15, -0.1) is 0 Å². The molecule has 1 aromatic carbocycles. The van der Waals surface area contributed by atoms with Gasteiger partial charge in [0.05, 0.1) is 4.47 Å². The molecule has 0 aliphatic heterocycles. The van der Waals surface area contributed by atoms with Gasteiger partial charge in [-0.2, -0.15) is 0 Å². The third-order valence-corrected chi connectivity index (χ3v) is 3.28. The Bertz CT molecular complexity index is 491. The molecule has 20 heavy (non-hydrogen) atoms. The average molecular weight is 343 g/mol. The third kappa shape index (κ3) is 5.61. The monoisotopic (exact) mass is 342 g/mol. The van der Waals surface area contributed by atoms with Crippen LogP contribution < -0.4 is 15.8 Å². The van der Waals surface area contributed by atoms with Crippen LogP contribution in [0.2, 0.25) is 0 Å². The molecule has 5 nitrogen and oxygen atoms in total. The molecule has 1 aromatic rings. The summed E-state index contributed by atoms with van der Waals surface area (Å²) in [5.41, 5.74) is 6.12. The SMILES string of the molecule is Cc1ccc(O[C@H](C)C(=O)NCCCC(N)=O)c(Br)c1. The van der Waals surface area contributed by atoms with E-state index in [-0.39, 0.29) is 18.2 Å². The minimum atomic E-state index is -0.609. The van der Waals surface area contributed by atoms with Gasteiger partial charge in [0.25, 0.3) is 5.91 Å². The van der Waals surface area contributed by atoms with Gasteiger partial charge in [-0.1, -0.05) is 6.07 Å². The maximum absolute atomic E-state index is 11.8. The van der Waals surface area contributed by atoms with Crippen molar-refractivity contribution in [2.75, 3.05) is 6.54 Å². The fourth-order valence-electron chi connectivity index (χ4n) is 1.56. The summed E-state index contributed by atoms with van der Waals surface area (Å²) in [5.74, 6) is 0.0319. The first-order valence-electron chi connectivity index (χ1n) is 6.39. The minimum absolute atomic E-state index is 0.220. The van der Waals surface area contributed by atoms with Crippen molar-refractivity contribution in [2.45, 2.75) is 32.8 Å². The number of primary amides is 1. The Labute approximate surface area is 127 Å². The summed E-state index contributed by atoms with van der Waals surface area (Å²) in [4.78, 5) is 22.4. The first-order valence-corrected chi connectivity index (χ1v) is 7.18. The molecule has 0 spiro atoms.